The van der Waals surface area contributed by atoms with E-state index in [1.54, 1.807) is 0 Å². The number of nitrogens with two attached hydrogens (primary N) is 3. The minimum Gasteiger partial charge on any atom is -0.466 e. The summed E-state index contributed by atoms with van der Waals surface area (Å²) >= 11 is 5.83. The fourth-order valence-electron chi connectivity index (χ4n) is 6.39. The number of benzene rings is 2. The van der Waals surface area contributed by atoms with Gasteiger partial charge in [0.15, 0.2) is 28.4 Å². The number of nitrogens with zero attached hydrogens (tertiary/aromatic N) is 4. The van der Waals surface area contributed by atoms with Crippen molar-refractivity contribution < 1.29 is 65.0 Å². The van der Waals surface area contributed by atoms with Gasteiger partial charge in [0.05, 0.1) is 38.4 Å². The average Bonchev–Trinajstić information content (AvgIpc) is 3.27. The van der Waals surface area contributed by atoms with Crippen LogP contribution in [0.5, 0.6) is 0 Å². The lowest BCUT2D eigenvalue weighted by atomic mass is 10.00. The van der Waals surface area contributed by atoms with Gasteiger partial charge in [-0.2, -0.15) is 0 Å². The third-order valence-corrected chi connectivity index (χ3v) is 10.3. The van der Waals surface area contributed by atoms with Gasteiger partial charge in [-0.25, -0.2) is 9.97 Å². The molecule has 0 spiro atoms. The quantitative estimate of drug-likeness (QED) is 0.0166. The Morgan fingerprint density at radius 1 is 0.762 bits per heavy atom. The molecule has 0 aliphatic heterocycles. The highest BCUT2D eigenvalue weighted by Crippen LogP contribution is 2.22. The zero-order chi connectivity index (χ0) is 46.6. The van der Waals surface area contributed by atoms with Crippen LogP contribution in [0, 0.1) is 0 Å². The second-order valence-corrected chi connectivity index (χ2v) is 15.2. The van der Waals surface area contributed by atoms with Crippen LogP contribution in [-0.4, -0.2) is 181 Å². The predicted octanol–water partition coefficient (Wildman–Crippen LogP) is -2.28. The summed E-state index contributed by atoms with van der Waals surface area (Å²) in [4.78, 5) is 38.1. The monoisotopic (exact) mass is 908 g/mol. The molecule has 350 valence electrons. The lowest BCUT2D eigenvalue weighted by molar-refractivity contribution is -0.146. The van der Waals surface area contributed by atoms with Gasteiger partial charge in [-0.15, -0.1) is 0 Å². The zero-order valence-electron chi connectivity index (χ0n) is 35.0. The Kier molecular flexibility index (Phi) is 22.5. The van der Waals surface area contributed by atoms with Crippen LogP contribution in [0.3, 0.4) is 0 Å². The second kappa shape index (κ2) is 26.9. The number of ether oxygens (including phenoxy) is 2. The minimum absolute atomic E-state index is 0.0889. The van der Waals surface area contributed by atoms with Crippen LogP contribution in [0.25, 0.3) is 11.1 Å². The lowest BCUT2D eigenvalue weighted by Crippen LogP contribution is -2.53. The predicted molar refractivity (Wildman–Crippen MR) is 232 cm³/mol. The molecule has 8 atom stereocenters. The molecule has 0 unspecified atom stereocenters. The van der Waals surface area contributed by atoms with Crippen LogP contribution in [-0.2, 0) is 27.1 Å². The van der Waals surface area contributed by atoms with Crippen molar-refractivity contribution in [3.05, 3.63) is 70.5 Å². The molecule has 1 aromatic heterocycles. The van der Waals surface area contributed by atoms with Crippen LogP contribution in [0.2, 0.25) is 5.15 Å². The number of aliphatic imine (C=N–C) groups is 1. The van der Waals surface area contributed by atoms with Gasteiger partial charge >= 0.3 is 5.97 Å². The summed E-state index contributed by atoms with van der Waals surface area (Å²) in [5, 5.41) is 92.4. The molecule has 0 aliphatic carbocycles. The van der Waals surface area contributed by atoms with Crippen molar-refractivity contribution in [2.45, 2.75) is 87.4 Å². The number of amides is 1. The first kappa shape index (κ1) is 52.7. The van der Waals surface area contributed by atoms with Crippen LogP contribution in [0.15, 0.2) is 53.5 Å². The molecule has 3 aromatic rings. The van der Waals surface area contributed by atoms with Gasteiger partial charge in [0.1, 0.15) is 36.6 Å². The molecular weight excluding hydrogens is 848 g/mol. The first-order valence-electron chi connectivity index (χ1n) is 20.3. The van der Waals surface area contributed by atoms with Crippen LogP contribution in [0.1, 0.15) is 47.3 Å². The maximum Gasteiger partial charge on any atom is 0.307 e. The Hall–Kier alpha value is -4.62. The lowest BCUT2D eigenvalue weighted by Gasteiger charge is -2.34. The first-order valence-corrected chi connectivity index (χ1v) is 20.6. The molecule has 0 saturated heterocycles. The van der Waals surface area contributed by atoms with E-state index < -0.39 is 87.0 Å². The number of nitrogen functional groups attached to an aromatic ring is 2. The fourth-order valence-corrected chi connectivity index (χ4v) is 6.51. The van der Waals surface area contributed by atoms with E-state index in [0.717, 1.165) is 48.6 Å². The molecule has 16 N–H and O–H groups in total. The molecule has 1 heterocycles. The third kappa shape index (κ3) is 17.1. The number of rotatable bonds is 27. The van der Waals surface area contributed by atoms with Gasteiger partial charge in [0.2, 0.25) is 0 Å². The highest BCUT2D eigenvalue weighted by Gasteiger charge is 2.35. The van der Waals surface area contributed by atoms with Crippen molar-refractivity contribution in [1.29, 1.82) is 0 Å². The summed E-state index contributed by atoms with van der Waals surface area (Å²) in [7, 11) is 1.16. The summed E-state index contributed by atoms with van der Waals surface area (Å²) in [6.45, 7) is -2.16. The minimum atomic E-state index is -1.92. The standard InChI is InChI=1S/C41H61ClN8O13/c1-62-36(30(56)22-52)35(60)28(54)20-50(19-27(53)33(58)34(59)29(55)21-51)17-15-31(57)63-18-4-6-24-9-13-26(14-10-24)25-11-7-23(8-12-25)5-2-3-16-46-41(45)49-40(61)32-38(43)48-39(44)37(42)47-32/h7-14,27-30,33-36,51-56,58-60H,2-6,15-22H2,1H3,(H4,43,44,48)(H3,45,46,49,61)/t27-,28-,29+,30+,33+,34+,35+,36+/m0/s1. The molecule has 21 nitrogen and oxygen atoms in total. The number of anilines is 2. The fraction of sp³-hybridized carbons (Fsp3) is 0.537. The Labute approximate surface area is 369 Å². The highest BCUT2D eigenvalue weighted by atomic mass is 35.5. The molecule has 0 radical (unpaired) electrons. The number of carbonyl (C=O) groups is 2. The second-order valence-electron chi connectivity index (χ2n) is 14.8. The number of nitrogens with one attached hydrogen (secondary N) is 1. The van der Waals surface area contributed by atoms with E-state index in [4.69, 9.17) is 43.4 Å². The molecule has 63 heavy (non-hydrogen) atoms. The van der Waals surface area contributed by atoms with E-state index in [-0.39, 0.29) is 48.0 Å². The summed E-state index contributed by atoms with van der Waals surface area (Å²) in [5.41, 5.74) is 21.1. The van der Waals surface area contributed by atoms with Gasteiger partial charge in [0.25, 0.3) is 5.91 Å². The molecule has 22 heteroatoms. The van der Waals surface area contributed by atoms with E-state index in [0.29, 0.717) is 19.4 Å². The summed E-state index contributed by atoms with van der Waals surface area (Å²) in [5.74, 6) is -1.67. The van der Waals surface area contributed by atoms with Gasteiger partial charge < -0.3 is 72.6 Å². The molecule has 0 saturated carbocycles. The smallest absolute Gasteiger partial charge is 0.307 e. The number of guanidine groups is 1. The molecule has 0 fully saturated rings. The number of esters is 1. The molecule has 0 aliphatic rings. The summed E-state index contributed by atoms with van der Waals surface area (Å²) < 4.78 is 10.4. The van der Waals surface area contributed by atoms with E-state index >= 15 is 0 Å². The van der Waals surface area contributed by atoms with Gasteiger partial charge in [-0.3, -0.25) is 24.8 Å². The van der Waals surface area contributed by atoms with E-state index in [1.807, 2.05) is 36.4 Å². The Bertz CT molecular complexity index is 1880. The molecule has 1 amide bonds. The van der Waals surface area contributed by atoms with Gasteiger partial charge in [0, 0.05) is 33.3 Å². The number of hydrogen-bond donors (Lipinski definition) is 13. The largest absolute Gasteiger partial charge is 0.466 e. The molecule has 0 bridgehead atoms. The number of unbranched alkanes of at least 4 members (excludes halogenated alkanes) is 1. The Balaban J connectivity index is 1.42. The van der Waals surface area contributed by atoms with E-state index in [9.17, 15) is 50.4 Å². The maximum atomic E-state index is 12.7. The summed E-state index contributed by atoms with van der Waals surface area (Å²) in [6.07, 6.45) is -10.3. The van der Waals surface area contributed by atoms with Gasteiger partial charge in [-0.05, 0) is 54.4 Å². The van der Waals surface area contributed by atoms with Crippen molar-refractivity contribution in [1.82, 2.24) is 20.2 Å². The SMILES string of the molecule is CO[C@@H]([C@H](O)[C@@H](O)CN(CCC(=O)OCCCc1ccc(-c2ccc(CCCCN=C(N)NC(=O)c3nc(Cl)c(N)nc3N)cc2)cc1)C[C@H](O)[C@@H](O)[C@H](O)[C@H](O)CO)[C@H](O)CO. The number of aromatic nitrogens is 2. The van der Waals surface area contributed by atoms with Crippen LogP contribution < -0.4 is 22.5 Å². The Morgan fingerprint density at radius 3 is 1.86 bits per heavy atom. The topological polar surface area (TPSA) is 366 Å². The van der Waals surface area contributed by atoms with Crippen LogP contribution >= 0.6 is 11.6 Å². The molecular formula is C41H61ClN8O13. The van der Waals surface area contributed by atoms with Crippen molar-refractivity contribution in [2.75, 3.05) is 64.6 Å². The average molecular weight is 909 g/mol. The van der Waals surface area contributed by atoms with E-state index in [2.05, 4.69) is 32.4 Å². The Morgan fingerprint density at radius 2 is 1.30 bits per heavy atom. The number of aryl methyl sites for hydroxylation is 2. The van der Waals surface area contributed by atoms with Gasteiger partial charge in [-0.1, -0.05) is 60.1 Å². The number of hydrogen-bond acceptors (Lipinski definition) is 19. The molecule has 2 aromatic carbocycles. The number of aliphatic hydroxyl groups excluding tert-OH is 9. The number of methoxy groups -OCH3 is 1. The normalized spacial score (nSPS) is 15.8. The van der Waals surface area contributed by atoms with Crippen molar-refractivity contribution >= 4 is 41.1 Å². The number of halogens is 1. The van der Waals surface area contributed by atoms with Crippen molar-refractivity contribution in [3.63, 3.8) is 0 Å². The third-order valence-electron chi connectivity index (χ3n) is 10.0. The zero-order valence-corrected chi connectivity index (χ0v) is 35.7. The maximum absolute atomic E-state index is 12.7. The summed E-state index contributed by atoms with van der Waals surface area (Å²) in [6, 6.07) is 16.2. The number of aliphatic hydroxyl groups is 9. The number of carbonyl (C=O) groups excluding carboxylic acids is 2. The van der Waals surface area contributed by atoms with Crippen molar-refractivity contribution in [3.8, 4) is 11.1 Å². The first-order chi connectivity index (χ1) is 30.0. The van der Waals surface area contributed by atoms with E-state index in [1.165, 1.54) is 4.90 Å². The van der Waals surface area contributed by atoms with Crippen LogP contribution in [0.4, 0.5) is 11.6 Å². The highest BCUT2D eigenvalue weighted by molar-refractivity contribution is 6.31. The molecule has 3 rings (SSSR count). The van der Waals surface area contributed by atoms with Crippen molar-refractivity contribution in [2.24, 2.45) is 10.7 Å².